The number of fused-ring (bicyclic) bond motifs is 2. The molecule has 0 atom stereocenters. The fourth-order valence-electron chi connectivity index (χ4n) is 4.70. The van der Waals surface area contributed by atoms with Gasteiger partial charge in [0, 0.05) is 34.5 Å². The Bertz CT molecular complexity index is 2010. The molecule has 0 radical (unpaired) electrons. The lowest BCUT2D eigenvalue weighted by molar-refractivity contribution is 0.102. The van der Waals surface area contributed by atoms with E-state index in [0.717, 1.165) is 33.1 Å². The lowest BCUT2D eigenvalue weighted by atomic mass is 10.0. The molecule has 1 amide bonds. The zero-order valence-electron chi connectivity index (χ0n) is 20.9. The van der Waals surface area contributed by atoms with Gasteiger partial charge in [0.2, 0.25) is 0 Å². The smallest absolute Gasteiger partial charge is 0.255 e. The van der Waals surface area contributed by atoms with E-state index in [1.807, 2.05) is 48.5 Å². The van der Waals surface area contributed by atoms with E-state index in [1.165, 1.54) is 12.1 Å². The molecule has 0 aliphatic carbocycles. The van der Waals surface area contributed by atoms with Gasteiger partial charge in [-0.3, -0.25) is 19.9 Å². The number of hydrogen-bond donors (Lipinski definition) is 3. The molecule has 0 bridgehead atoms. The summed E-state index contributed by atoms with van der Waals surface area (Å²) in [6.07, 6.45) is 5.06. The van der Waals surface area contributed by atoms with Gasteiger partial charge in [-0.2, -0.15) is 5.10 Å². The van der Waals surface area contributed by atoms with Crippen molar-refractivity contribution in [1.82, 2.24) is 30.1 Å². The summed E-state index contributed by atoms with van der Waals surface area (Å²) in [5.74, 6) is 0.0695. The number of rotatable bonds is 5. The summed E-state index contributed by atoms with van der Waals surface area (Å²) in [6, 6.07) is 24.9. The first-order valence-electron chi connectivity index (χ1n) is 12.5. The number of nitrogens with one attached hydrogen (secondary N) is 3. The maximum atomic E-state index is 13.5. The van der Waals surface area contributed by atoms with Crippen molar-refractivity contribution in [2.24, 2.45) is 0 Å². The van der Waals surface area contributed by atoms with Gasteiger partial charge in [-0.15, -0.1) is 0 Å². The summed E-state index contributed by atoms with van der Waals surface area (Å²) < 4.78 is 13.5. The molecule has 3 N–H and O–H groups in total. The maximum Gasteiger partial charge on any atom is 0.255 e. The van der Waals surface area contributed by atoms with Crippen LogP contribution in [0.5, 0.6) is 0 Å². The number of halogens is 1. The molecule has 0 aliphatic heterocycles. The number of aromatic nitrogens is 6. The Morgan fingerprint density at radius 2 is 1.62 bits per heavy atom. The minimum Gasteiger partial charge on any atom is -0.336 e. The lowest BCUT2D eigenvalue weighted by Gasteiger charge is -2.08. The van der Waals surface area contributed by atoms with Crippen LogP contribution in [0.15, 0.2) is 104 Å². The predicted octanol–water partition coefficient (Wildman–Crippen LogP) is 6.62. The second kappa shape index (κ2) is 9.55. The van der Waals surface area contributed by atoms with Gasteiger partial charge < -0.3 is 10.3 Å². The van der Waals surface area contributed by atoms with E-state index in [4.69, 9.17) is 4.98 Å². The van der Waals surface area contributed by atoms with Crippen LogP contribution in [0.3, 0.4) is 0 Å². The molecule has 0 saturated carbocycles. The van der Waals surface area contributed by atoms with E-state index in [2.05, 4.69) is 30.5 Å². The highest BCUT2D eigenvalue weighted by atomic mass is 19.1. The minimum absolute atomic E-state index is 0.202. The third kappa shape index (κ3) is 4.25. The van der Waals surface area contributed by atoms with Gasteiger partial charge in [-0.25, -0.2) is 9.37 Å². The SMILES string of the molecule is O=C(Nc1cncc(-c2ccc3[nH]nc(-c4nc5c(-c6ccc(F)cc6)nccc5[nH]4)c3c2)c1)c1ccccc1. The molecule has 7 aromatic rings. The molecule has 40 heavy (non-hydrogen) atoms. The highest BCUT2D eigenvalue weighted by Gasteiger charge is 2.17. The zero-order valence-corrected chi connectivity index (χ0v) is 20.9. The van der Waals surface area contributed by atoms with Crippen LogP contribution in [0, 0.1) is 5.82 Å². The first-order valence-corrected chi connectivity index (χ1v) is 12.5. The van der Waals surface area contributed by atoms with Crippen LogP contribution in [0.2, 0.25) is 0 Å². The average molecular weight is 526 g/mol. The van der Waals surface area contributed by atoms with Gasteiger partial charge in [0.25, 0.3) is 5.91 Å². The molecule has 0 unspecified atom stereocenters. The standard InChI is InChI=1S/C31H20FN7O/c32-22-9-6-18(7-10-22)27-29-26(12-13-34-27)36-30(37-29)28-24-15-20(8-11-25(24)38-39-28)21-14-23(17-33-16-21)35-31(40)19-4-2-1-3-5-19/h1-17H,(H,35,40)(H,36,37)(H,38,39). The number of benzene rings is 3. The monoisotopic (exact) mass is 525 g/mol. The normalized spacial score (nSPS) is 11.2. The fraction of sp³-hybridized carbons (Fsp3) is 0. The lowest BCUT2D eigenvalue weighted by Crippen LogP contribution is -2.11. The predicted molar refractivity (Wildman–Crippen MR) is 152 cm³/mol. The quantitative estimate of drug-likeness (QED) is 0.234. The summed E-state index contributed by atoms with van der Waals surface area (Å²) in [5.41, 5.74) is 7.29. The van der Waals surface area contributed by atoms with Crippen molar-refractivity contribution in [3.63, 3.8) is 0 Å². The molecule has 4 aromatic heterocycles. The van der Waals surface area contributed by atoms with Crippen molar-refractivity contribution < 1.29 is 9.18 Å². The number of amides is 1. The largest absolute Gasteiger partial charge is 0.336 e. The van der Waals surface area contributed by atoms with E-state index in [9.17, 15) is 9.18 Å². The molecule has 0 aliphatic rings. The Kier molecular flexibility index (Phi) is 5.59. The summed E-state index contributed by atoms with van der Waals surface area (Å²) in [7, 11) is 0. The average Bonchev–Trinajstić information content (AvgIpc) is 3.62. The van der Waals surface area contributed by atoms with E-state index >= 15 is 0 Å². The molecular formula is C31H20FN7O. The van der Waals surface area contributed by atoms with Crippen molar-refractivity contribution in [3.8, 4) is 33.9 Å². The molecule has 9 heteroatoms. The summed E-state index contributed by atoms with van der Waals surface area (Å²) in [5, 5.41) is 11.4. The number of carbonyl (C=O) groups is 1. The van der Waals surface area contributed by atoms with Crippen LogP contribution in [0.1, 0.15) is 10.4 Å². The Balaban J connectivity index is 1.25. The Hall–Kier alpha value is -5.70. The zero-order chi connectivity index (χ0) is 27.1. The van der Waals surface area contributed by atoms with Gasteiger partial charge in [0.15, 0.2) is 5.82 Å². The van der Waals surface area contributed by atoms with Crippen LogP contribution >= 0.6 is 0 Å². The van der Waals surface area contributed by atoms with Gasteiger partial charge in [-0.05, 0) is 66.2 Å². The van der Waals surface area contributed by atoms with E-state index in [1.54, 1.807) is 42.9 Å². The fourth-order valence-corrected chi connectivity index (χ4v) is 4.70. The third-order valence-corrected chi connectivity index (χ3v) is 6.67. The first kappa shape index (κ1) is 23.4. The van der Waals surface area contributed by atoms with Crippen molar-refractivity contribution in [3.05, 3.63) is 115 Å². The van der Waals surface area contributed by atoms with Crippen LogP contribution in [-0.2, 0) is 0 Å². The van der Waals surface area contributed by atoms with Gasteiger partial charge in [0.1, 0.15) is 17.0 Å². The van der Waals surface area contributed by atoms with Gasteiger partial charge >= 0.3 is 0 Å². The van der Waals surface area contributed by atoms with Crippen LogP contribution < -0.4 is 5.32 Å². The van der Waals surface area contributed by atoms with Crippen molar-refractivity contribution in [1.29, 1.82) is 0 Å². The number of anilines is 1. The maximum absolute atomic E-state index is 13.5. The Morgan fingerprint density at radius 3 is 2.48 bits per heavy atom. The molecule has 3 aromatic carbocycles. The third-order valence-electron chi connectivity index (χ3n) is 6.67. The molecule has 192 valence electrons. The number of hydrogen-bond acceptors (Lipinski definition) is 5. The van der Waals surface area contributed by atoms with Crippen LogP contribution in [0.4, 0.5) is 10.1 Å². The summed E-state index contributed by atoms with van der Waals surface area (Å²) in [4.78, 5) is 29.6. The molecule has 0 fully saturated rings. The van der Waals surface area contributed by atoms with Crippen LogP contribution in [-0.4, -0.2) is 36.0 Å². The van der Waals surface area contributed by atoms with Crippen molar-refractivity contribution >= 4 is 33.5 Å². The van der Waals surface area contributed by atoms with E-state index in [-0.39, 0.29) is 11.7 Å². The van der Waals surface area contributed by atoms with Crippen molar-refractivity contribution in [2.75, 3.05) is 5.32 Å². The van der Waals surface area contributed by atoms with E-state index < -0.39 is 0 Å². The van der Waals surface area contributed by atoms with Crippen molar-refractivity contribution in [2.45, 2.75) is 0 Å². The Morgan fingerprint density at radius 1 is 0.800 bits per heavy atom. The topological polar surface area (TPSA) is 112 Å². The molecule has 0 spiro atoms. The molecule has 7 rings (SSSR count). The first-order chi connectivity index (χ1) is 19.6. The Labute approximate surface area is 227 Å². The number of H-pyrrole nitrogens is 2. The number of pyridine rings is 2. The number of imidazole rings is 1. The van der Waals surface area contributed by atoms with E-state index in [0.29, 0.717) is 34.0 Å². The second-order valence-corrected chi connectivity index (χ2v) is 9.26. The number of carbonyl (C=O) groups excluding carboxylic acids is 1. The van der Waals surface area contributed by atoms with Gasteiger partial charge in [-0.1, -0.05) is 24.3 Å². The second-order valence-electron chi connectivity index (χ2n) is 9.26. The summed E-state index contributed by atoms with van der Waals surface area (Å²) >= 11 is 0. The van der Waals surface area contributed by atoms with Crippen LogP contribution in [0.25, 0.3) is 55.8 Å². The molecular weight excluding hydrogens is 505 g/mol. The highest BCUT2D eigenvalue weighted by molar-refractivity contribution is 6.04. The highest BCUT2D eigenvalue weighted by Crippen LogP contribution is 2.32. The molecule has 8 nitrogen and oxygen atoms in total. The minimum atomic E-state index is -0.309. The number of nitrogens with zero attached hydrogens (tertiary/aromatic N) is 4. The summed E-state index contributed by atoms with van der Waals surface area (Å²) in [6.45, 7) is 0. The van der Waals surface area contributed by atoms with Gasteiger partial charge in [0.05, 0.1) is 28.6 Å². The number of aromatic amines is 2. The molecule has 0 saturated heterocycles. The molecule has 4 heterocycles.